The summed E-state index contributed by atoms with van der Waals surface area (Å²) in [6, 6.07) is 7.97. The van der Waals surface area contributed by atoms with Gasteiger partial charge in [0, 0.05) is 39.6 Å². The molecule has 33 heavy (non-hydrogen) atoms. The van der Waals surface area contributed by atoms with Crippen molar-refractivity contribution in [3.8, 4) is 0 Å². The second kappa shape index (κ2) is 12.5. The number of benzene rings is 1. The number of carboxylic acids is 1. The zero-order chi connectivity index (χ0) is 23.8. The maximum Gasteiger partial charge on any atom is 0.303 e. The van der Waals surface area contributed by atoms with Crippen molar-refractivity contribution < 1.29 is 24.9 Å². The SMILES string of the molecule is O=C(O)CCC/C=C\C[C@H]1C(=O)CC[C@@H](O)[C@@H]1/C=C/C(O)CCc1sc2ccccc2c1Cl. The lowest BCUT2D eigenvalue weighted by Gasteiger charge is -2.32. The lowest BCUT2D eigenvalue weighted by atomic mass is 9.74. The number of hydrogen-bond acceptors (Lipinski definition) is 5. The molecule has 0 radical (unpaired) electrons. The first-order chi connectivity index (χ1) is 15.9. The molecule has 7 heteroatoms. The topological polar surface area (TPSA) is 94.8 Å². The summed E-state index contributed by atoms with van der Waals surface area (Å²) in [6.07, 6.45) is 9.78. The van der Waals surface area contributed by atoms with Gasteiger partial charge in [-0.25, -0.2) is 0 Å². The third-order valence-electron chi connectivity index (χ3n) is 6.15. The molecule has 0 spiro atoms. The van der Waals surface area contributed by atoms with E-state index in [1.54, 1.807) is 23.5 Å². The molecule has 3 N–H and O–H groups in total. The molecule has 3 rings (SSSR count). The quantitative estimate of drug-likeness (QED) is 0.283. The van der Waals surface area contributed by atoms with Crippen LogP contribution in [0.15, 0.2) is 48.6 Å². The van der Waals surface area contributed by atoms with Crippen molar-refractivity contribution in [2.24, 2.45) is 11.8 Å². The van der Waals surface area contributed by atoms with Crippen LogP contribution in [0.4, 0.5) is 0 Å². The predicted molar refractivity (Wildman–Crippen MR) is 133 cm³/mol. The van der Waals surface area contributed by atoms with Crippen molar-refractivity contribution >= 4 is 44.8 Å². The number of aliphatic hydroxyl groups excluding tert-OH is 2. The van der Waals surface area contributed by atoms with Crippen LogP contribution >= 0.6 is 22.9 Å². The number of thiophene rings is 1. The molecule has 1 unspecified atom stereocenters. The van der Waals surface area contributed by atoms with Gasteiger partial charge in [0.15, 0.2) is 0 Å². The Morgan fingerprint density at radius 2 is 2.06 bits per heavy atom. The lowest BCUT2D eigenvalue weighted by molar-refractivity contribution is -0.137. The van der Waals surface area contributed by atoms with Crippen LogP contribution in [0, 0.1) is 11.8 Å². The Morgan fingerprint density at radius 1 is 1.27 bits per heavy atom. The number of halogens is 1. The molecule has 0 saturated heterocycles. The van der Waals surface area contributed by atoms with E-state index in [2.05, 4.69) is 0 Å². The van der Waals surface area contributed by atoms with Crippen LogP contribution in [0.1, 0.15) is 49.8 Å². The van der Waals surface area contributed by atoms with Gasteiger partial charge in [-0.05, 0) is 44.6 Å². The molecule has 0 amide bonds. The Kier molecular flexibility index (Phi) is 9.68. The van der Waals surface area contributed by atoms with E-state index in [1.165, 1.54) is 0 Å². The molecule has 1 saturated carbocycles. The molecule has 0 bridgehead atoms. The van der Waals surface area contributed by atoms with Crippen LogP contribution in [0.2, 0.25) is 5.02 Å². The maximum atomic E-state index is 12.5. The van der Waals surface area contributed by atoms with E-state index in [0.717, 1.165) is 20.0 Å². The van der Waals surface area contributed by atoms with Crippen LogP contribution in [0.3, 0.4) is 0 Å². The maximum absolute atomic E-state index is 12.5. The molecule has 1 aromatic carbocycles. The molecule has 1 aromatic heterocycles. The first-order valence-corrected chi connectivity index (χ1v) is 12.7. The number of fused-ring (bicyclic) bond motifs is 1. The van der Waals surface area contributed by atoms with Crippen LogP contribution in [0.5, 0.6) is 0 Å². The van der Waals surface area contributed by atoms with Crippen molar-refractivity contribution in [2.45, 2.75) is 63.6 Å². The Bertz CT molecular complexity index is 1010. The normalized spacial score (nSPS) is 22.5. The van der Waals surface area contributed by atoms with Crippen molar-refractivity contribution in [2.75, 3.05) is 0 Å². The second-order valence-electron chi connectivity index (χ2n) is 8.58. The van der Waals surface area contributed by atoms with Gasteiger partial charge in [-0.3, -0.25) is 9.59 Å². The van der Waals surface area contributed by atoms with E-state index in [1.807, 2.05) is 36.4 Å². The molecular weight excluding hydrogens is 460 g/mol. The van der Waals surface area contributed by atoms with Crippen molar-refractivity contribution in [3.63, 3.8) is 0 Å². The fourth-order valence-electron chi connectivity index (χ4n) is 4.29. The Labute approximate surface area is 203 Å². The number of carboxylic acid groups (broad SMARTS) is 1. The van der Waals surface area contributed by atoms with Gasteiger partial charge in [0.2, 0.25) is 0 Å². The van der Waals surface area contributed by atoms with Gasteiger partial charge in [-0.15, -0.1) is 11.3 Å². The van der Waals surface area contributed by atoms with E-state index >= 15 is 0 Å². The number of rotatable bonds is 11. The van der Waals surface area contributed by atoms with Crippen LogP contribution < -0.4 is 0 Å². The lowest BCUT2D eigenvalue weighted by Crippen LogP contribution is -2.37. The molecule has 0 aliphatic heterocycles. The fraction of sp³-hybridized carbons (Fsp3) is 0.462. The number of Topliss-reactive ketones (excluding diaryl/α,β-unsaturated/α-hetero) is 1. The molecule has 4 atom stereocenters. The first kappa shape index (κ1) is 25.6. The molecule has 5 nitrogen and oxygen atoms in total. The Hall–Kier alpha value is -1.99. The summed E-state index contributed by atoms with van der Waals surface area (Å²) in [7, 11) is 0. The number of ketones is 1. The molecule has 2 aromatic rings. The summed E-state index contributed by atoms with van der Waals surface area (Å²) in [5, 5.41) is 31.5. The molecule has 1 heterocycles. The Balaban J connectivity index is 1.56. The first-order valence-electron chi connectivity index (χ1n) is 11.5. The highest BCUT2D eigenvalue weighted by Crippen LogP contribution is 2.36. The van der Waals surface area contributed by atoms with Crippen molar-refractivity contribution in [3.05, 3.63) is 58.5 Å². The number of aliphatic hydroxyl groups is 2. The molecular formula is C26H31ClO5S. The number of unbranched alkanes of at least 4 members (excludes halogenated alkanes) is 1. The highest BCUT2D eigenvalue weighted by Gasteiger charge is 2.35. The third kappa shape index (κ3) is 7.24. The molecule has 1 aliphatic rings. The highest BCUT2D eigenvalue weighted by molar-refractivity contribution is 7.19. The minimum absolute atomic E-state index is 0.122. The van der Waals surface area contributed by atoms with Crippen LogP contribution in [-0.4, -0.2) is 39.3 Å². The third-order valence-corrected chi connectivity index (χ3v) is 7.93. The van der Waals surface area contributed by atoms with E-state index in [0.29, 0.717) is 44.9 Å². The number of aliphatic carboxylic acids is 1. The largest absolute Gasteiger partial charge is 0.481 e. The van der Waals surface area contributed by atoms with Crippen molar-refractivity contribution in [1.82, 2.24) is 0 Å². The van der Waals surface area contributed by atoms with Crippen molar-refractivity contribution in [1.29, 1.82) is 0 Å². The fourth-order valence-corrected chi connectivity index (χ4v) is 5.83. The summed E-state index contributed by atoms with van der Waals surface area (Å²) in [4.78, 5) is 24.1. The number of allylic oxidation sites excluding steroid dienone is 2. The zero-order valence-corrected chi connectivity index (χ0v) is 20.1. The smallest absolute Gasteiger partial charge is 0.303 e. The zero-order valence-electron chi connectivity index (χ0n) is 18.5. The Morgan fingerprint density at radius 3 is 2.82 bits per heavy atom. The van der Waals surface area contributed by atoms with Gasteiger partial charge < -0.3 is 15.3 Å². The minimum atomic E-state index is -0.813. The van der Waals surface area contributed by atoms with Gasteiger partial charge in [-0.2, -0.15) is 0 Å². The van der Waals surface area contributed by atoms with E-state index in [9.17, 15) is 19.8 Å². The molecule has 178 valence electrons. The number of carbonyl (C=O) groups is 2. The minimum Gasteiger partial charge on any atom is -0.481 e. The monoisotopic (exact) mass is 490 g/mol. The summed E-state index contributed by atoms with van der Waals surface area (Å²) in [5.41, 5.74) is 0. The number of aryl methyl sites for hydroxylation is 1. The summed E-state index contributed by atoms with van der Waals surface area (Å²) in [5.74, 6) is -1.36. The summed E-state index contributed by atoms with van der Waals surface area (Å²) in [6.45, 7) is 0. The van der Waals surface area contributed by atoms with Gasteiger partial charge in [0.25, 0.3) is 0 Å². The standard InChI is InChI=1S/C26H31ClO5S/c27-26-20-8-5-6-9-23(20)33-24(26)16-12-17(28)11-13-19-18(21(29)14-15-22(19)30)7-3-1-2-4-10-25(31)32/h1,3,5-6,8-9,11,13,17-19,22,28,30H,2,4,7,10,12,14-16H2,(H,31,32)/b3-1-,13-11+/t17?,18-,19-,22-/m1/s1. The van der Waals surface area contributed by atoms with Gasteiger partial charge in [0.05, 0.1) is 17.2 Å². The van der Waals surface area contributed by atoms with Crippen LogP contribution in [-0.2, 0) is 16.0 Å². The average molecular weight is 491 g/mol. The number of hydrogen-bond donors (Lipinski definition) is 3. The highest BCUT2D eigenvalue weighted by atomic mass is 35.5. The van der Waals surface area contributed by atoms with Gasteiger partial charge in [-0.1, -0.05) is 54.1 Å². The number of carbonyl (C=O) groups excluding carboxylic acids is 1. The summed E-state index contributed by atoms with van der Waals surface area (Å²) < 4.78 is 1.13. The van der Waals surface area contributed by atoms with E-state index in [4.69, 9.17) is 16.7 Å². The summed E-state index contributed by atoms with van der Waals surface area (Å²) >= 11 is 8.13. The second-order valence-corrected chi connectivity index (χ2v) is 10.1. The molecule has 1 fully saturated rings. The van der Waals surface area contributed by atoms with E-state index < -0.39 is 18.2 Å². The predicted octanol–water partition coefficient (Wildman–Crippen LogP) is 5.56. The van der Waals surface area contributed by atoms with E-state index in [-0.39, 0.29) is 24.0 Å². The molecule has 1 aliphatic carbocycles. The van der Waals surface area contributed by atoms with Crippen LogP contribution in [0.25, 0.3) is 10.1 Å². The average Bonchev–Trinajstić information content (AvgIpc) is 3.11. The van der Waals surface area contributed by atoms with Gasteiger partial charge in [0.1, 0.15) is 5.78 Å². The van der Waals surface area contributed by atoms with Gasteiger partial charge >= 0.3 is 5.97 Å².